The molecular weight excluding hydrogens is 1310 g/mol. The molecule has 38 heteroatoms. The lowest BCUT2D eigenvalue weighted by Crippen LogP contribution is -2.74. The molecule has 0 aromatic carbocycles. The molecule has 92 heavy (non-hydrogen) atoms. The number of carboxylic acids is 1. The van der Waals surface area contributed by atoms with Crippen molar-refractivity contribution in [2.24, 2.45) is 5.73 Å². The summed E-state index contributed by atoms with van der Waals surface area (Å²) in [6.45, 7) is -1.00. The Bertz CT molecular complexity index is 2130. The van der Waals surface area contributed by atoms with Gasteiger partial charge in [0, 0.05) is 32.4 Å². The van der Waals surface area contributed by atoms with Crippen LogP contribution < -0.4 is 21.7 Å². The first-order chi connectivity index (χ1) is 42.3. The number of aliphatic hydroxyl groups is 8. The quantitative estimate of drug-likeness (QED) is 0.0208. The number of alkyl halides is 19. The van der Waals surface area contributed by atoms with E-state index >= 15 is 0 Å². The molecule has 1 saturated heterocycles. The van der Waals surface area contributed by atoms with Gasteiger partial charge in [0.2, 0.25) is 11.8 Å². The number of nitrogens with one attached hydrogen (secondary N) is 3. The molecule has 1 rings (SSSR count). The van der Waals surface area contributed by atoms with Crippen molar-refractivity contribution in [2.75, 3.05) is 32.8 Å². The molecule has 0 radical (unpaired) electrons. The minimum absolute atomic E-state index is 0.0155. The minimum Gasteiger partial charge on any atom is -0.475 e. The highest BCUT2D eigenvalue weighted by Gasteiger charge is 2.94. The van der Waals surface area contributed by atoms with Crippen molar-refractivity contribution in [3.05, 3.63) is 0 Å². The highest BCUT2D eigenvalue weighted by Crippen LogP contribution is 2.64. The number of hydrogen-bond acceptors (Lipinski definition) is 15. The fourth-order valence-electron chi connectivity index (χ4n) is 9.03. The molecule has 0 aliphatic carbocycles. The van der Waals surface area contributed by atoms with Gasteiger partial charge in [-0.15, -0.1) is 0 Å². The van der Waals surface area contributed by atoms with Crippen LogP contribution in [0.25, 0.3) is 0 Å². The first-order valence-electron chi connectivity index (χ1n) is 29.8. The lowest BCUT2D eigenvalue weighted by molar-refractivity contribution is -0.453. The van der Waals surface area contributed by atoms with Crippen LogP contribution in [0.5, 0.6) is 0 Å². The predicted molar refractivity (Wildman–Crippen MR) is 285 cm³/mol. The van der Waals surface area contributed by atoms with Crippen LogP contribution in [-0.4, -0.2) is 217 Å². The number of ether oxygens (including phenoxy) is 2. The van der Waals surface area contributed by atoms with Crippen LogP contribution in [0.3, 0.4) is 0 Å². The van der Waals surface area contributed by atoms with Crippen LogP contribution >= 0.6 is 0 Å². The molecule has 546 valence electrons. The Morgan fingerprint density at radius 1 is 0.522 bits per heavy atom. The molecule has 3 amide bonds. The summed E-state index contributed by atoms with van der Waals surface area (Å²) < 4.78 is 276. The highest BCUT2D eigenvalue weighted by molar-refractivity contribution is 5.87. The van der Waals surface area contributed by atoms with Crippen LogP contribution in [-0.2, 0) is 28.7 Å². The summed E-state index contributed by atoms with van der Waals surface area (Å²) in [5.74, 6) is -68.4. The number of aliphatic hydroxyl groups excluding tert-OH is 8. The van der Waals surface area contributed by atoms with Crippen molar-refractivity contribution in [2.45, 2.75) is 282 Å². The molecule has 19 nitrogen and oxygen atoms in total. The minimum atomic E-state index is -8.67. The van der Waals surface area contributed by atoms with E-state index in [1.54, 1.807) is 0 Å². The van der Waals surface area contributed by atoms with Crippen LogP contribution in [0.15, 0.2) is 0 Å². The topological polar surface area (TPSA) is 331 Å². The van der Waals surface area contributed by atoms with Crippen molar-refractivity contribution in [3.8, 4) is 0 Å². The van der Waals surface area contributed by atoms with E-state index in [9.17, 15) is 139 Å². The molecule has 0 saturated carbocycles. The van der Waals surface area contributed by atoms with Gasteiger partial charge in [0.25, 0.3) is 5.91 Å². The summed E-state index contributed by atoms with van der Waals surface area (Å²) in [5, 5.41) is 93.5. The summed E-state index contributed by atoms with van der Waals surface area (Å²) in [7, 11) is 0. The number of nitrogens with two attached hydrogens (primary N) is 1. The Labute approximate surface area is 517 Å². The number of amides is 3. The van der Waals surface area contributed by atoms with Gasteiger partial charge < -0.3 is 77.1 Å². The average molecular weight is 1390 g/mol. The van der Waals surface area contributed by atoms with Gasteiger partial charge >= 0.3 is 59.5 Å². The maximum absolute atomic E-state index is 14.6. The molecule has 10 atom stereocenters. The van der Waals surface area contributed by atoms with Crippen molar-refractivity contribution in [3.63, 3.8) is 0 Å². The summed E-state index contributed by atoms with van der Waals surface area (Å²) >= 11 is 0. The third-order valence-electron chi connectivity index (χ3n) is 14.8. The maximum atomic E-state index is 14.6. The standard InChI is InChI=1S/C52H86F16N4O13.C2HF3O2/c1-2-3-4-5-6-7-10-13-16-21-28-70-42(82)32(23-18-20-27-69)72-35(76)24-17-14-11-8-9-12-15-19-25-45(53,54)47(57,58)49(61,62)51(65,66)52(67,68)50(63,64)48(59,60)46(55,56)26-22-29-71-43(83)39(80)38(79)41(33(75)30-73)85-44-40(81)37(78)36(77)34(31-74)84-44;3-2(4,5)1(6)7/h32-34,36-41,44,73-75,77-81H,2-31,69H2,1H3,(H,70,82)(H,71,83)(H,72,76);(H,6,7)/t32-,33+,34+,36-,37-,38+,39+,40+,41+,44-;/m0./s1. The van der Waals surface area contributed by atoms with Gasteiger partial charge in [-0.25, -0.2) is 4.79 Å². The van der Waals surface area contributed by atoms with Crippen LogP contribution in [0.4, 0.5) is 83.4 Å². The number of carbonyl (C=O) groups excluding carboxylic acids is 3. The van der Waals surface area contributed by atoms with E-state index in [-0.39, 0.29) is 25.2 Å². The molecule has 1 aliphatic heterocycles. The largest absolute Gasteiger partial charge is 0.490 e. The smallest absolute Gasteiger partial charge is 0.475 e. The number of carboxylic acid groups (broad SMARTS) is 1. The second-order valence-corrected chi connectivity index (χ2v) is 22.2. The third kappa shape index (κ3) is 25.3. The van der Waals surface area contributed by atoms with E-state index in [2.05, 4.69) is 17.6 Å². The summed E-state index contributed by atoms with van der Waals surface area (Å²) in [6.07, 6.45) is -20.6. The summed E-state index contributed by atoms with van der Waals surface area (Å²) in [6, 6.07) is -0.794. The molecule has 0 aromatic rings. The molecule has 1 aliphatic rings. The summed E-state index contributed by atoms with van der Waals surface area (Å²) in [5.41, 5.74) is 5.56. The van der Waals surface area contributed by atoms with E-state index in [4.69, 9.17) is 25.1 Å². The zero-order valence-corrected chi connectivity index (χ0v) is 50.2. The van der Waals surface area contributed by atoms with Crippen molar-refractivity contribution in [1.29, 1.82) is 0 Å². The predicted octanol–water partition coefficient (Wildman–Crippen LogP) is 7.41. The number of rotatable bonds is 47. The van der Waals surface area contributed by atoms with Crippen molar-refractivity contribution in [1.82, 2.24) is 16.0 Å². The molecule has 0 spiro atoms. The third-order valence-corrected chi connectivity index (χ3v) is 14.8. The molecule has 14 N–H and O–H groups in total. The number of hydrogen-bond donors (Lipinski definition) is 13. The summed E-state index contributed by atoms with van der Waals surface area (Å²) in [4.78, 5) is 46.9. The highest BCUT2D eigenvalue weighted by atomic mass is 19.4. The Morgan fingerprint density at radius 3 is 1.36 bits per heavy atom. The van der Waals surface area contributed by atoms with Gasteiger partial charge in [0.15, 0.2) is 12.4 Å². The van der Waals surface area contributed by atoms with Gasteiger partial charge in [-0.1, -0.05) is 103 Å². The van der Waals surface area contributed by atoms with E-state index in [0.29, 0.717) is 58.0 Å². The van der Waals surface area contributed by atoms with Gasteiger partial charge in [-0.05, 0) is 51.5 Å². The Morgan fingerprint density at radius 2 is 0.924 bits per heavy atom. The van der Waals surface area contributed by atoms with E-state index in [1.807, 2.05) is 0 Å². The Hall–Kier alpha value is -3.89. The van der Waals surface area contributed by atoms with Gasteiger partial charge in [-0.2, -0.15) is 83.4 Å². The lowest BCUT2D eigenvalue weighted by Gasteiger charge is -2.43. The van der Waals surface area contributed by atoms with Crippen LogP contribution in [0.2, 0.25) is 0 Å². The molecule has 1 heterocycles. The van der Waals surface area contributed by atoms with Crippen LogP contribution in [0.1, 0.15) is 167 Å². The zero-order valence-electron chi connectivity index (χ0n) is 50.2. The van der Waals surface area contributed by atoms with E-state index < -0.39 is 184 Å². The monoisotopic (exact) mass is 1390 g/mol. The fraction of sp³-hybridized carbons (Fsp3) is 0.926. The zero-order chi connectivity index (χ0) is 71.3. The average Bonchev–Trinajstić information content (AvgIpc) is 0.697. The SMILES string of the molecule is CCCCCCCCCCCCNC(=O)[C@H](CCCCN)NC(=O)CCCCCCCCCCC(F)(F)C(F)(F)C(F)(F)C(F)(F)C(F)(F)C(F)(F)C(F)(F)C(F)(F)CCCNC(=O)[C@H](O)[C@@H](O)[C@H](O[C@@H]1O[C@H](CO)[C@H](O)[C@H](O)[C@H]1O)[C@H](O)CO.O=C(O)C(F)(F)F. The van der Waals surface area contributed by atoms with Gasteiger partial charge in [0.1, 0.15) is 48.8 Å². The number of carbonyl (C=O) groups is 4. The first-order valence-corrected chi connectivity index (χ1v) is 29.8. The second-order valence-electron chi connectivity index (χ2n) is 22.2. The van der Waals surface area contributed by atoms with Crippen molar-refractivity contribution < 1.29 is 158 Å². The number of halogens is 19. The first kappa shape index (κ1) is 88.1. The van der Waals surface area contributed by atoms with Crippen molar-refractivity contribution >= 4 is 23.7 Å². The number of unbranched alkanes of at least 4 members (excludes halogenated alkanes) is 17. The maximum Gasteiger partial charge on any atom is 0.490 e. The second kappa shape index (κ2) is 40.0. The lowest BCUT2D eigenvalue weighted by atomic mass is 9.86. The molecule has 0 bridgehead atoms. The molecule has 1 fully saturated rings. The normalized spacial score (nSPS) is 19.9. The van der Waals surface area contributed by atoms with E-state index in [1.165, 1.54) is 37.4 Å². The molecular formula is C54H87F19N4O15. The van der Waals surface area contributed by atoms with Gasteiger partial charge in [0.05, 0.1) is 13.2 Å². The molecule has 0 aromatic heterocycles. The van der Waals surface area contributed by atoms with Crippen LogP contribution in [0, 0.1) is 0 Å². The molecule has 0 unspecified atom stereocenters. The Kier molecular flexibility index (Phi) is 38.3. The fourth-order valence-corrected chi connectivity index (χ4v) is 9.03. The Balaban J connectivity index is 0.0000111. The van der Waals surface area contributed by atoms with E-state index in [0.717, 1.165) is 32.1 Å². The van der Waals surface area contributed by atoms with Gasteiger partial charge in [-0.3, -0.25) is 14.4 Å². The number of aliphatic carboxylic acids is 1.